The summed E-state index contributed by atoms with van der Waals surface area (Å²) in [6, 6.07) is 74.7. The molecule has 0 radical (unpaired) electrons. The summed E-state index contributed by atoms with van der Waals surface area (Å²) < 4.78 is 13.0. The SMILES string of the molecule is c1cc(-c2ccc3ccccc3c2)cc(-c2c3ccccc3c(-c3ccc(-c4cc5oc6cc7c(cc6c5c5ccccc45)oc4ccccc47)cc3)c3ccccc23)c1. The molecule has 0 saturated heterocycles. The van der Waals surface area contributed by atoms with Crippen LogP contribution >= 0.6 is 0 Å². The molecule has 0 fully saturated rings. The number of rotatable bonds is 4. The van der Waals surface area contributed by atoms with E-state index in [1.807, 2.05) is 12.1 Å². The Morgan fingerprint density at radius 1 is 0.233 bits per heavy atom. The molecular formula is C58H34O2. The molecule has 0 bridgehead atoms. The molecule has 0 atom stereocenters. The first-order valence-electron chi connectivity index (χ1n) is 20.6. The molecule has 0 aliphatic heterocycles. The predicted octanol–water partition coefficient (Wildman–Crippen LogP) is 16.8. The third kappa shape index (κ3) is 4.95. The minimum absolute atomic E-state index is 0.865. The molecule has 0 saturated carbocycles. The monoisotopic (exact) mass is 762 g/mol. The standard InChI is InChI=1S/C58H34O2/c1-2-13-38-30-40(29-24-35(38)12-1)39-14-11-15-41(31-39)57-47-21-7-5-19-45(47)56(46-20-6-8-22-48(46)57)37-27-25-36(26-28-37)49-32-55-58(44-18-4-3-16-42(44)49)51-34-53-50(33-54(51)60-55)43-17-9-10-23-52(43)59-53/h1-34H. The van der Waals surface area contributed by atoms with Crippen LogP contribution < -0.4 is 0 Å². The maximum atomic E-state index is 6.69. The van der Waals surface area contributed by atoms with Crippen LogP contribution in [0.4, 0.5) is 0 Å². The fraction of sp³-hybridized carbons (Fsp3) is 0. The van der Waals surface area contributed by atoms with E-state index in [0.29, 0.717) is 0 Å². The average Bonchev–Trinajstić information content (AvgIpc) is 3.86. The molecule has 13 aromatic rings. The Morgan fingerprint density at radius 3 is 1.50 bits per heavy atom. The van der Waals surface area contributed by atoms with Crippen LogP contribution in [0.1, 0.15) is 0 Å². The maximum absolute atomic E-state index is 6.69. The molecule has 0 aliphatic carbocycles. The van der Waals surface area contributed by atoms with E-state index in [0.717, 1.165) is 55.0 Å². The Kier molecular flexibility index (Phi) is 7.05. The van der Waals surface area contributed by atoms with Gasteiger partial charge in [-0.2, -0.15) is 0 Å². The zero-order chi connectivity index (χ0) is 39.3. The van der Waals surface area contributed by atoms with E-state index in [4.69, 9.17) is 8.83 Å². The number of furan rings is 2. The van der Waals surface area contributed by atoms with Gasteiger partial charge < -0.3 is 8.83 Å². The van der Waals surface area contributed by atoms with Crippen LogP contribution in [0.15, 0.2) is 215 Å². The van der Waals surface area contributed by atoms with Crippen LogP contribution in [-0.2, 0) is 0 Å². The lowest BCUT2D eigenvalue weighted by atomic mass is 9.85. The average molecular weight is 763 g/mol. The molecule has 2 nitrogen and oxygen atoms in total. The Morgan fingerprint density at radius 2 is 0.750 bits per heavy atom. The maximum Gasteiger partial charge on any atom is 0.136 e. The first kappa shape index (κ1) is 33.1. The smallest absolute Gasteiger partial charge is 0.136 e. The van der Waals surface area contributed by atoms with Crippen LogP contribution in [0, 0.1) is 0 Å². The van der Waals surface area contributed by atoms with Crippen LogP contribution in [0.5, 0.6) is 0 Å². The molecular weight excluding hydrogens is 729 g/mol. The van der Waals surface area contributed by atoms with Gasteiger partial charge in [-0.15, -0.1) is 0 Å². The molecule has 13 rings (SSSR count). The van der Waals surface area contributed by atoms with Crippen LogP contribution in [0.2, 0.25) is 0 Å². The van der Waals surface area contributed by atoms with E-state index in [1.165, 1.54) is 76.5 Å². The van der Waals surface area contributed by atoms with E-state index in [1.54, 1.807) is 0 Å². The summed E-state index contributed by atoms with van der Waals surface area (Å²) in [5.74, 6) is 0. The highest BCUT2D eigenvalue weighted by molar-refractivity contribution is 6.25. The lowest BCUT2D eigenvalue weighted by Crippen LogP contribution is -1.91. The number of fused-ring (bicyclic) bond motifs is 11. The van der Waals surface area contributed by atoms with Crippen molar-refractivity contribution < 1.29 is 8.83 Å². The highest BCUT2D eigenvalue weighted by Gasteiger charge is 2.20. The minimum atomic E-state index is 0.865. The molecule has 278 valence electrons. The molecule has 0 aliphatic rings. The van der Waals surface area contributed by atoms with Crippen molar-refractivity contribution in [2.75, 3.05) is 0 Å². The third-order valence-corrected chi connectivity index (χ3v) is 12.6. The van der Waals surface area contributed by atoms with Gasteiger partial charge >= 0.3 is 0 Å². The Balaban J connectivity index is 0.954. The van der Waals surface area contributed by atoms with Crippen molar-refractivity contribution >= 4 is 87.0 Å². The van der Waals surface area contributed by atoms with Gasteiger partial charge in [-0.25, -0.2) is 0 Å². The minimum Gasteiger partial charge on any atom is -0.456 e. The van der Waals surface area contributed by atoms with Gasteiger partial charge in [0.05, 0.1) is 0 Å². The van der Waals surface area contributed by atoms with E-state index >= 15 is 0 Å². The second-order valence-corrected chi connectivity index (χ2v) is 15.9. The van der Waals surface area contributed by atoms with Gasteiger partial charge in [-0.1, -0.05) is 170 Å². The summed E-state index contributed by atoms with van der Waals surface area (Å²) in [6.45, 7) is 0. The number of hydrogen-bond acceptors (Lipinski definition) is 2. The molecule has 0 unspecified atom stereocenters. The van der Waals surface area contributed by atoms with Gasteiger partial charge in [-0.3, -0.25) is 0 Å². The summed E-state index contributed by atoms with van der Waals surface area (Å²) >= 11 is 0. The second kappa shape index (κ2) is 12.8. The normalized spacial score (nSPS) is 12.0. The molecule has 0 spiro atoms. The van der Waals surface area contributed by atoms with Gasteiger partial charge in [0.2, 0.25) is 0 Å². The summed E-state index contributed by atoms with van der Waals surface area (Å²) in [4.78, 5) is 0. The molecule has 60 heavy (non-hydrogen) atoms. The van der Waals surface area contributed by atoms with E-state index in [2.05, 4.69) is 194 Å². The topological polar surface area (TPSA) is 26.3 Å². The molecule has 11 aromatic carbocycles. The number of hydrogen-bond donors (Lipinski definition) is 0. The quantitative estimate of drug-likeness (QED) is 0.167. The molecule has 0 N–H and O–H groups in total. The van der Waals surface area contributed by atoms with Gasteiger partial charge in [0.25, 0.3) is 0 Å². The highest BCUT2D eigenvalue weighted by Crippen LogP contribution is 2.46. The van der Waals surface area contributed by atoms with Crippen molar-refractivity contribution in [2.45, 2.75) is 0 Å². The highest BCUT2D eigenvalue weighted by atomic mass is 16.3. The van der Waals surface area contributed by atoms with Crippen molar-refractivity contribution in [3.8, 4) is 44.5 Å². The van der Waals surface area contributed by atoms with Crippen molar-refractivity contribution in [3.63, 3.8) is 0 Å². The number of benzene rings is 11. The molecule has 2 heteroatoms. The van der Waals surface area contributed by atoms with Gasteiger partial charge in [0.1, 0.15) is 22.3 Å². The third-order valence-electron chi connectivity index (χ3n) is 12.6. The van der Waals surface area contributed by atoms with Gasteiger partial charge in [-0.05, 0) is 124 Å². The van der Waals surface area contributed by atoms with Gasteiger partial charge in [0.15, 0.2) is 0 Å². The Labute approximate surface area is 345 Å². The van der Waals surface area contributed by atoms with Crippen LogP contribution in [0.25, 0.3) is 131 Å². The first-order chi connectivity index (χ1) is 29.7. The van der Waals surface area contributed by atoms with E-state index in [-0.39, 0.29) is 0 Å². The fourth-order valence-corrected chi connectivity index (χ4v) is 9.89. The second-order valence-electron chi connectivity index (χ2n) is 15.9. The first-order valence-corrected chi connectivity index (χ1v) is 20.6. The van der Waals surface area contributed by atoms with Crippen molar-refractivity contribution in [1.82, 2.24) is 0 Å². The zero-order valence-corrected chi connectivity index (χ0v) is 32.4. The summed E-state index contributed by atoms with van der Waals surface area (Å²) in [6.07, 6.45) is 0. The Bertz CT molecular complexity index is 3820. The van der Waals surface area contributed by atoms with Crippen molar-refractivity contribution in [2.24, 2.45) is 0 Å². The zero-order valence-electron chi connectivity index (χ0n) is 32.4. The van der Waals surface area contributed by atoms with Crippen molar-refractivity contribution in [3.05, 3.63) is 206 Å². The van der Waals surface area contributed by atoms with Crippen LogP contribution in [-0.4, -0.2) is 0 Å². The molecule has 2 heterocycles. The predicted molar refractivity (Wildman–Crippen MR) is 253 cm³/mol. The molecule has 2 aromatic heterocycles. The lowest BCUT2D eigenvalue weighted by Gasteiger charge is -2.18. The summed E-state index contributed by atoms with van der Waals surface area (Å²) in [5.41, 5.74) is 13.1. The fourth-order valence-electron chi connectivity index (χ4n) is 9.89. The summed E-state index contributed by atoms with van der Waals surface area (Å²) in [7, 11) is 0. The largest absolute Gasteiger partial charge is 0.456 e. The van der Waals surface area contributed by atoms with Crippen LogP contribution in [0.3, 0.4) is 0 Å². The van der Waals surface area contributed by atoms with Crippen molar-refractivity contribution in [1.29, 1.82) is 0 Å². The summed E-state index contributed by atoms with van der Waals surface area (Å²) in [5, 5.41) is 14.2. The van der Waals surface area contributed by atoms with E-state index < -0.39 is 0 Å². The lowest BCUT2D eigenvalue weighted by molar-refractivity contribution is 0.664. The Hall–Kier alpha value is -7.94. The van der Waals surface area contributed by atoms with E-state index in [9.17, 15) is 0 Å². The van der Waals surface area contributed by atoms with Gasteiger partial charge in [0, 0.05) is 21.5 Å². The molecule has 0 amide bonds. The number of para-hydroxylation sites is 1.